The summed E-state index contributed by atoms with van der Waals surface area (Å²) in [5.74, 6) is -1.32. The van der Waals surface area contributed by atoms with Crippen LogP contribution in [0.25, 0.3) is 0 Å². The molecule has 0 radical (unpaired) electrons. The number of aliphatic carboxylic acids is 1. The number of carbonyl (C=O) groups is 2. The molecule has 3 rings (SSSR count). The van der Waals surface area contributed by atoms with Crippen molar-refractivity contribution in [1.82, 2.24) is 14.9 Å². The van der Waals surface area contributed by atoms with Gasteiger partial charge in [0.1, 0.15) is 11.9 Å². The average Bonchev–Trinajstić information content (AvgIpc) is 2.96. The maximum absolute atomic E-state index is 13.6. The van der Waals surface area contributed by atoms with Crippen LogP contribution < -0.4 is 15.8 Å². The van der Waals surface area contributed by atoms with Gasteiger partial charge in [0.05, 0.1) is 11.5 Å². The van der Waals surface area contributed by atoms with Gasteiger partial charge in [-0.2, -0.15) is 4.72 Å². The van der Waals surface area contributed by atoms with Crippen LogP contribution in [0.15, 0.2) is 41.3 Å². The van der Waals surface area contributed by atoms with E-state index in [9.17, 15) is 23.1 Å². The van der Waals surface area contributed by atoms with Gasteiger partial charge in [0.2, 0.25) is 10.0 Å². The number of nitrogens with one attached hydrogen (secondary N) is 3. The molecule has 1 amide bonds. The van der Waals surface area contributed by atoms with Crippen molar-refractivity contribution in [2.75, 3.05) is 32.8 Å². The first-order valence-electron chi connectivity index (χ1n) is 15.1. The summed E-state index contributed by atoms with van der Waals surface area (Å²) >= 11 is 0. The Bertz CT molecular complexity index is 1370. The van der Waals surface area contributed by atoms with Gasteiger partial charge in [-0.25, -0.2) is 13.2 Å². The van der Waals surface area contributed by atoms with Gasteiger partial charge in [-0.3, -0.25) is 10.2 Å². The molecule has 12 heteroatoms. The Hall–Kier alpha value is -3.48. The van der Waals surface area contributed by atoms with Crippen LogP contribution in [0.2, 0.25) is 0 Å². The number of nitrogens with two attached hydrogens (primary N) is 1. The third kappa shape index (κ3) is 10.3. The number of ether oxygens (including phenoxy) is 1. The highest BCUT2D eigenvalue weighted by atomic mass is 32.2. The van der Waals surface area contributed by atoms with E-state index in [1.54, 1.807) is 29.2 Å². The monoisotopic (exact) mass is 631 g/mol. The number of nitrogens with zero attached hydrogens (tertiary/aromatic N) is 1. The fourth-order valence-electron chi connectivity index (χ4n) is 4.79. The summed E-state index contributed by atoms with van der Waals surface area (Å²) in [5, 5.41) is 20.5. The Morgan fingerprint density at radius 2 is 1.59 bits per heavy atom. The number of sulfonamides is 1. The highest BCUT2D eigenvalue weighted by molar-refractivity contribution is 7.89. The van der Waals surface area contributed by atoms with E-state index >= 15 is 0 Å². The van der Waals surface area contributed by atoms with Crippen molar-refractivity contribution in [3.05, 3.63) is 64.2 Å². The van der Waals surface area contributed by atoms with E-state index < -0.39 is 22.0 Å². The molecule has 1 saturated heterocycles. The zero-order valence-electron chi connectivity index (χ0n) is 26.9. The van der Waals surface area contributed by atoms with E-state index in [1.165, 1.54) is 0 Å². The molecular formula is C32H49N5O6S. The lowest BCUT2D eigenvalue weighted by atomic mass is 9.89. The summed E-state index contributed by atoms with van der Waals surface area (Å²) in [6, 6.07) is 9.06. The molecule has 6 N–H and O–H groups in total. The molecule has 44 heavy (non-hydrogen) atoms. The second-order valence-electron chi connectivity index (χ2n) is 11.8. The molecule has 0 aliphatic carbocycles. The van der Waals surface area contributed by atoms with Crippen LogP contribution in [-0.4, -0.2) is 75.2 Å². The Labute approximate surface area is 262 Å². The minimum atomic E-state index is -4.14. The number of carboxylic acid groups (broad SMARTS) is 1. The molecule has 1 atom stereocenters. The number of hydrogen-bond donors (Lipinski definition) is 5. The molecule has 0 bridgehead atoms. The predicted octanol–water partition coefficient (Wildman–Crippen LogP) is 4.36. The largest absolute Gasteiger partial charge is 0.480 e. The lowest BCUT2D eigenvalue weighted by Gasteiger charge is -2.26. The summed E-state index contributed by atoms with van der Waals surface area (Å²) in [7, 11) is -4.14. The zero-order valence-corrected chi connectivity index (χ0v) is 27.8. The quantitative estimate of drug-likeness (QED) is 0.180. The number of amidine groups is 1. The van der Waals surface area contributed by atoms with Crippen LogP contribution in [0, 0.1) is 5.41 Å². The van der Waals surface area contributed by atoms with Gasteiger partial charge in [0.15, 0.2) is 0 Å². The molecular weight excluding hydrogens is 582 g/mol. The Balaban J connectivity index is 0.000000514. The van der Waals surface area contributed by atoms with Gasteiger partial charge in [-0.1, -0.05) is 71.9 Å². The molecule has 0 spiro atoms. The number of carboxylic acids is 1. The van der Waals surface area contributed by atoms with Gasteiger partial charge in [-0.15, -0.1) is 0 Å². The summed E-state index contributed by atoms with van der Waals surface area (Å²) in [5.41, 5.74) is 8.97. The Morgan fingerprint density at radius 3 is 2.05 bits per heavy atom. The molecule has 1 aliphatic rings. The summed E-state index contributed by atoms with van der Waals surface area (Å²) in [4.78, 5) is 25.0. The van der Waals surface area contributed by atoms with Crippen LogP contribution in [0.5, 0.6) is 0 Å². The Morgan fingerprint density at radius 1 is 1.02 bits per heavy atom. The summed E-state index contributed by atoms with van der Waals surface area (Å²) in [6.07, 6.45) is -0.262. The minimum Gasteiger partial charge on any atom is -0.480 e. The maximum atomic E-state index is 13.6. The van der Waals surface area contributed by atoms with Gasteiger partial charge in [-0.05, 0) is 59.4 Å². The molecule has 2 aromatic rings. The lowest BCUT2D eigenvalue weighted by Crippen LogP contribution is -2.46. The van der Waals surface area contributed by atoms with Crippen LogP contribution in [-0.2, 0) is 26.0 Å². The van der Waals surface area contributed by atoms with Crippen molar-refractivity contribution in [2.24, 2.45) is 5.73 Å². The smallest absolute Gasteiger partial charge is 0.409 e. The minimum absolute atomic E-state index is 0.0664. The van der Waals surface area contributed by atoms with E-state index in [-0.39, 0.29) is 41.0 Å². The van der Waals surface area contributed by atoms with E-state index in [0.717, 1.165) is 31.7 Å². The van der Waals surface area contributed by atoms with Crippen molar-refractivity contribution >= 4 is 27.9 Å². The lowest BCUT2D eigenvalue weighted by molar-refractivity contribution is -0.138. The fraction of sp³-hybridized carbons (Fsp3) is 0.531. The molecule has 1 fully saturated rings. The van der Waals surface area contributed by atoms with Crippen LogP contribution in [0.1, 0.15) is 94.0 Å². The number of amides is 1. The topological polar surface area (TPSA) is 175 Å². The second kappa shape index (κ2) is 16.6. The van der Waals surface area contributed by atoms with Gasteiger partial charge >= 0.3 is 12.1 Å². The van der Waals surface area contributed by atoms with Crippen molar-refractivity contribution in [3.63, 3.8) is 0 Å². The van der Waals surface area contributed by atoms with Crippen molar-refractivity contribution in [3.8, 4) is 0 Å². The summed E-state index contributed by atoms with van der Waals surface area (Å²) in [6.45, 7) is 17.4. The molecule has 0 unspecified atom stereocenters. The van der Waals surface area contributed by atoms with Gasteiger partial charge in [0, 0.05) is 31.7 Å². The highest BCUT2D eigenvalue weighted by Crippen LogP contribution is 2.35. The third-order valence-corrected chi connectivity index (χ3v) is 8.87. The number of piperazine rings is 1. The van der Waals surface area contributed by atoms with Gasteiger partial charge in [0.25, 0.3) is 0 Å². The van der Waals surface area contributed by atoms with Crippen molar-refractivity contribution < 1.29 is 27.9 Å². The normalized spacial score (nSPS) is 14.3. The van der Waals surface area contributed by atoms with Crippen molar-refractivity contribution in [1.29, 1.82) is 5.41 Å². The molecule has 11 nitrogen and oxygen atoms in total. The molecule has 1 heterocycles. The average molecular weight is 632 g/mol. The Kier molecular flexibility index (Phi) is 13.8. The summed E-state index contributed by atoms with van der Waals surface area (Å²) < 4.78 is 34.5. The molecule has 2 aromatic carbocycles. The fourth-order valence-corrected chi connectivity index (χ4v) is 6.68. The van der Waals surface area contributed by atoms with E-state index in [1.807, 2.05) is 46.8 Å². The molecule has 244 valence electrons. The number of benzene rings is 2. The van der Waals surface area contributed by atoms with Crippen LogP contribution >= 0.6 is 0 Å². The number of hydrogen-bond acceptors (Lipinski definition) is 7. The number of rotatable bonds is 11. The van der Waals surface area contributed by atoms with Crippen LogP contribution in [0.4, 0.5) is 4.79 Å². The number of nitrogen functional groups attached to an aromatic ring is 1. The zero-order chi connectivity index (χ0) is 33.2. The van der Waals surface area contributed by atoms with Crippen molar-refractivity contribution in [2.45, 2.75) is 83.6 Å². The molecule has 1 aliphatic heterocycles. The number of carbonyl (C=O) groups excluding carboxylic acids is 1. The molecule has 0 saturated carbocycles. The first-order valence-corrected chi connectivity index (χ1v) is 16.6. The predicted molar refractivity (Wildman–Crippen MR) is 173 cm³/mol. The van der Waals surface area contributed by atoms with Crippen LogP contribution in [0.3, 0.4) is 0 Å². The first-order chi connectivity index (χ1) is 20.6. The van der Waals surface area contributed by atoms with E-state index in [0.29, 0.717) is 28.9 Å². The van der Waals surface area contributed by atoms with E-state index in [2.05, 4.69) is 23.9 Å². The van der Waals surface area contributed by atoms with Gasteiger partial charge < -0.3 is 25.8 Å². The second-order valence-corrected chi connectivity index (χ2v) is 13.4. The first kappa shape index (κ1) is 36.7. The van der Waals surface area contributed by atoms with E-state index in [4.69, 9.17) is 15.9 Å². The molecule has 0 aromatic heterocycles. The highest BCUT2D eigenvalue weighted by Gasteiger charge is 2.31. The standard InChI is InChI=1S/C25H35N3O4S.C7H14N2O2/c1-14(2)19-12-20(15(3)4)23(21(13-19)16(5)6)33(31,32)28-22(25(29)30)11-17-8-7-9-18(10-17)24(26)27;1-2-11-7(10)9-5-3-8-4-6-9/h7-10,12-16,22,28H,11H2,1-6H3,(H3,26,27)(H,29,30);8H,2-6H2,1H3/t22-;/m0./s1. The maximum Gasteiger partial charge on any atom is 0.409 e. The third-order valence-electron chi connectivity index (χ3n) is 7.26. The SMILES string of the molecule is CC(C)c1cc(C(C)C)c(S(=O)(=O)N[C@@H](Cc2cccc(C(=N)N)c2)C(=O)O)c(C(C)C)c1.CCOC(=O)N1CCNCC1.